The number of thiol groups is 1. The summed E-state index contributed by atoms with van der Waals surface area (Å²) in [4.78, 5) is 0. The molecule has 0 aromatic rings. The van der Waals surface area contributed by atoms with E-state index in [1.165, 1.54) is 12.8 Å². The van der Waals surface area contributed by atoms with Gasteiger partial charge in [0.15, 0.2) is 0 Å². The molecule has 1 fully saturated rings. The van der Waals surface area contributed by atoms with E-state index in [1.807, 2.05) is 0 Å². The Morgan fingerprint density at radius 2 is 2.00 bits per heavy atom. The average Bonchev–Trinajstić information content (AvgIpc) is 1.90. The molecule has 0 spiro atoms. The molecule has 0 N–H and O–H groups in total. The van der Waals surface area contributed by atoms with Crippen LogP contribution in [-0.4, -0.2) is 19.0 Å². The fourth-order valence-electron chi connectivity index (χ4n) is 1.02. The molecule has 0 radical (unpaired) electrons. The predicted molar refractivity (Wildman–Crippen MR) is 42.0 cm³/mol. The fraction of sp³-hybridized carbons (Fsp3) is 1.00. The highest BCUT2D eigenvalue weighted by atomic mass is 32.1. The maximum absolute atomic E-state index is 5.23. The molecule has 0 amide bonds. The van der Waals surface area contributed by atoms with Crippen LogP contribution in [0.3, 0.4) is 0 Å². The predicted octanol–water partition coefficient (Wildman–Crippen LogP) is 1.73. The highest BCUT2D eigenvalue weighted by Gasteiger charge is 2.24. The lowest BCUT2D eigenvalue weighted by Crippen LogP contribution is -2.27. The first kappa shape index (κ1) is 7.42. The summed E-state index contributed by atoms with van der Waals surface area (Å²) in [6, 6.07) is 0. The summed E-state index contributed by atoms with van der Waals surface area (Å²) >= 11 is 4.29. The second-order valence-electron chi connectivity index (χ2n) is 3.08. The second-order valence-corrected chi connectivity index (χ2v) is 3.40. The molecule has 0 saturated carbocycles. The number of rotatable bonds is 1. The zero-order chi connectivity index (χ0) is 6.74. The van der Waals surface area contributed by atoms with Gasteiger partial charge in [0.2, 0.25) is 0 Å². The van der Waals surface area contributed by atoms with E-state index in [0.29, 0.717) is 5.41 Å². The summed E-state index contributed by atoms with van der Waals surface area (Å²) in [5.41, 5.74) is 0.460. The third kappa shape index (κ3) is 1.87. The van der Waals surface area contributed by atoms with Crippen molar-refractivity contribution in [3.8, 4) is 0 Å². The average molecular weight is 146 g/mol. The van der Waals surface area contributed by atoms with Crippen LogP contribution in [0.4, 0.5) is 0 Å². The zero-order valence-corrected chi connectivity index (χ0v) is 6.79. The zero-order valence-electron chi connectivity index (χ0n) is 5.89. The quantitative estimate of drug-likeness (QED) is 0.554. The molecule has 54 valence electrons. The molecule has 1 saturated heterocycles. The highest BCUT2D eigenvalue weighted by Crippen LogP contribution is 2.30. The Labute approximate surface area is 62.2 Å². The van der Waals surface area contributed by atoms with E-state index < -0.39 is 0 Å². The molecule has 0 aliphatic carbocycles. The Balaban J connectivity index is 2.37. The largest absolute Gasteiger partial charge is 0.381 e. The van der Waals surface area contributed by atoms with Crippen molar-refractivity contribution in [1.29, 1.82) is 0 Å². The summed E-state index contributed by atoms with van der Waals surface area (Å²) in [5, 5.41) is 0. The number of ether oxygens (including phenoxy) is 1. The minimum Gasteiger partial charge on any atom is -0.381 e. The molecule has 0 bridgehead atoms. The summed E-state index contributed by atoms with van der Waals surface area (Å²) < 4.78 is 5.23. The molecule has 0 atom stereocenters. The highest BCUT2D eigenvalue weighted by molar-refractivity contribution is 7.80. The lowest BCUT2D eigenvalue weighted by molar-refractivity contribution is 0.0350. The normalized spacial score (nSPS) is 26.0. The maximum atomic E-state index is 5.23. The van der Waals surface area contributed by atoms with Gasteiger partial charge < -0.3 is 4.74 Å². The molecule has 9 heavy (non-hydrogen) atoms. The Morgan fingerprint density at radius 1 is 1.44 bits per heavy atom. The smallest absolute Gasteiger partial charge is 0.0471 e. The Kier molecular flexibility index (Phi) is 2.42. The molecule has 1 aliphatic rings. The van der Waals surface area contributed by atoms with Crippen LogP contribution in [-0.2, 0) is 4.74 Å². The van der Waals surface area contributed by atoms with Crippen molar-refractivity contribution in [2.75, 3.05) is 19.0 Å². The van der Waals surface area contributed by atoms with Gasteiger partial charge in [-0.15, -0.1) is 0 Å². The van der Waals surface area contributed by atoms with Crippen LogP contribution in [0.25, 0.3) is 0 Å². The third-order valence-corrected chi connectivity index (χ3v) is 2.85. The van der Waals surface area contributed by atoms with Gasteiger partial charge in [-0.05, 0) is 24.0 Å². The van der Waals surface area contributed by atoms with Crippen LogP contribution < -0.4 is 0 Å². The van der Waals surface area contributed by atoms with Gasteiger partial charge in [0.05, 0.1) is 0 Å². The van der Waals surface area contributed by atoms with Crippen LogP contribution in [0.15, 0.2) is 0 Å². The molecule has 1 nitrogen and oxygen atoms in total. The molecular weight excluding hydrogens is 132 g/mol. The summed E-state index contributed by atoms with van der Waals surface area (Å²) in [6.45, 7) is 4.14. The van der Waals surface area contributed by atoms with Crippen molar-refractivity contribution in [1.82, 2.24) is 0 Å². The molecular formula is C7H14OS. The van der Waals surface area contributed by atoms with E-state index in [2.05, 4.69) is 19.6 Å². The van der Waals surface area contributed by atoms with Crippen LogP contribution in [0.2, 0.25) is 0 Å². The molecule has 1 aliphatic heterocycles. The minimum atomic E-state index is 0.460. The Morgan fingerprint density at radius 3 is 2.33 bits per heavy atom. The summed E-state index contributed by atoms with van der Waals surface area (Å²) in [6.07, 6.45) is 2.35. The topological polar surface area (TPSA) is 9.23 Å². The Hall–Kier alpha value is 0.310. The van der Waals surface area contributed by atoms with Gasteiger partial charge in [-0.3, -0.25) is 0 Å². The lowest BCUT2D eigenvalue weighted by Gasteiger charge is -2.31. The van der Waals surface area contributed by atoms with E-state index in [4.69, 9.17) is 4.74 Å². The van der Waals surface area contributed by atoms with Gasteiger partial charge in [0, 0.05) is 13.2 Å². The maximum Gasteiger partial charge on any atom is 0.0471 e. The van der Waals surface area contributed by atoms with Crippen LogP contribution in [0.1, 0.15) is 19.8 Å². The standard InChI is InChI=1S/C7H14OS/c1-7(6-9)2-4-8-5-3-7/h9H,2-6H2,1H3. The van der Waals surface area contributed by atoms with E-state index >= 15 is 0 Å². The van der Waals surface area contributed by atoms with Gasteiger partial charge in [0.25, 0.3) is 0 Å². The number of hydrogen-bond donors (Lipinski definition) is 1. The van der Waals surface area contributed by atoms with E-state index in [1.54, 1.807) is 0 Å². The minimum absolute atomic E-state index is 0.460. The van der Waals surface area contributed by atoms with Crippen molar-refractivity contribution in [3.05, 3.63) is 0 Å². The molecule has 0 unspecified atom stereocenters. The molecule has 1 rings (SSSR count). The van der Waals surface area contributed by atoms with Crippen molar-refractivity contribution in [2.45, 2.75) is 19.8 Å². The first-order valence-corrected chi connectivity index (χ1v) is 4.09. The molecule has 0 aromatic heterocycles. The summed E-state index contributed by atoms with van der Waals surface area (Å²) in [7, 11) is 0. The van der Waals surface area contributed by atoms with E-state index in [0.717, 1.165) is 19.0 Å². The first-order valence-electron chi connectivity index (χ1n) is 3.45. The monoisotopic (exact) mass is 146 g/mol. The lowest BCUT2D eigenvalue weighted by atomic mass is 9.85. The van der Waals surface area contributed by atoms with Gasteiger partial charge in [-0.1, -0.05) is 6.92 Å². The van der Waals surface area contributed by atoms with E-state index in [9.17, 15) is 0 Å². The van der Waals surface area contributed by atoms with E-state index in [-0.39, 0.29) is 0 Å². The molecule has 1 heterocycles. The van der Waals surface area contributed by atoms with Crippen LogP contribution >= 0.6 is 12.6 Å². The molecule has 2 heteroatoms. The Bertz CT molecular complexity index is 86.9. The summed E-state index contributed by atoms with van der Waals surface area (Å²) in [5.74, 6) is 0.996. The third-order valence-electron chi connectivity index (χ3n) is 2.08. The van der Waals surface area contributed by atoms with Gasteiger partial charge in [-0.25, -0.2) is 0 Å². The SMILES string of the molecule is CC1(CS)CCOCC1. The van der Waals surface area contributed by atoms with Crippen molar-refractivity contribution >= 4 is 12.6 Å². The van der Waals surface area contributed by atoms with Gasteiger partial charge in [0.1, 0.15) is 0 Å². The fourth-order valence-corrected chi connectivity index (χ4v) is 1.34. The van der Waals surface area contributed by atoms with Crippen molar-refractivity contribution in [3.63, 3.8) is 0 Å². The van der Waals surface area contributed by atoms with Crippen molar-refractivity contribution in [2.24, 2.45) is 5.41 Å². The van der Waals surface area contributed by atoms with Crippen LogP contribution in [0, 0.1) is 5.41 Å². The second kappa shape index (κ2) is 2.93. The molecule has 0 aromatic carbocycles. The van der Waals surface area contributed by atoms with Crippen LogP contribution in [0.5, 0.6) is 0 Å². The van der Waals surface area contributed by atoms with Crippen molar-refractivity contribution < 1.29 is 4.74 Å². The first-order chi connectivity index (χ1) is 4.27. The van der Waals surface area contributed by atoms with Gasteiger partial charge in [-0.2, -0.15) is 12.6 Å². The van der Waals surface area contributed by atoms with Gasteiger partial charge >= 0.3 is 0 Å². The number of hydrogen-bond acceptors (Lipinski definition) is 2.